The molecule has 0 unspecified atom stereocenters. The van der Waals surface area contributed by atoms with Crippen LogP contribution in [0.5, 0.6) is 5.75 Å². The normalized spacial score (nSPS) is 18.3. The minimum Gasteiger partial charge on any atom is -0.491 e. The summed E-state index contributed by atoms with van der Waals surface area (Å²) in [6, 6.07) is 4.66. The Bertz CT molecular complexity index is 477. The summed E-state index contributed by atoms with van der Waals surface area (Å²) in [5.74, 6) is 0.617. The molecule has 1 fully saturated rings. The number of halogens is 3. The molecule has 0 bridgehead atoms. The van der Waals surface area contributed by atoms with Gasteiger partial charge in [0.25, 0.3) is 0 Å². The molecule has 0 radical (unpaired) electrons. The fraction of sp³-hybridized carbons (Fsp3) is 0.500. The number of rotatable bonds is 5. The maximum Gasteiger partial charge on any atom is 0.416 e. The molecule has 0 amide bonds. The summed E-state index contributed by atoms with van der Waals surface area (Å²) in [5.41, 5.74) is -0.754. The minimum atomic E-state index is -4.39. The molecule has 1 aromatic carbocycles. The number of aliphatic hydroxyl groups excluding tert-OH is 1. The van der Waals surface area contributed by atoms with Crippen molar-refractivity contribution in [3.8, 4) is 5.75 Å². The van der Waals surface area contributed by atoms with E-state index in [-0.39, 0.29) is 12.4 Å². The Labute approximate surface area is 122 Å². The van der Waals surface area contributed by atoms with Crippen molar-refractivity contribution >= 4 is 0 Å². The molecular weight excluding hydrogens is 281 g/mol. The van der Waals surface area contributed by atoms with Crippen molar-refractivity contribution in [1.29, 1.82) is 0 Å². The van der Waals surface area contributed by atoms with Crippen LogP contribution in [0.25, 0.3) is 0 Å². The average Bonchev–Trinajstić information content (AvgIpc) is 2.95. The van der Waals surface area contributed by atoms with E-state index in [1.807, 2.05) is 6.08 Å². The molecule has 2 nitrogen and oxygen atoms in total. The van der Waals surface area contributed by atoms with E-state index in [2.05, 4.69) is 0 Å². The van der Waals surface area contributed by atoms with Crippen LogP contribution in [0.4, 0.5) is 13.2 Å². The summed E-state index contributed by atoms with van der Waals surface area (Å²) in [5, 5.41) is 9.77. The molecule has 0 saturated heterocycles. The van der Waals surface area contributed by atoms with Gasteiger partial charge in [0.1, 0.15) is 18.5 Å². The molecule has 1 aromatic rings. The summed E-state index contributed by atoms with van der Waals surface area (Å²) in [6.45, 7) is -0.0511. The predicted molar refractivity (Wildman–Crippen MR) is 74.0 cm³/mol. The van der Waals surface area contributed by atoms with Crippen LogP contribution in [0.1, 0.15) is 31.2 Å². The van der Waals surface area contributed by atoms with E-state index in [9.17, 15) is 18.3 Å². The van der Waals surface area contributed by atoms with E-state index in [0.717, 1.165) is 25.0 Å². The second-order valence-electron chi connectivity index (χ2n) is 5.33. The lowest BCUT2D eigenvalue weighted by atomic mass is 10.1. The summed E-state index contributed by atoms with van der Waals surface area (Å²) >= 11 is 0. The van der Waals surface area contributed by atoms with Crippen LogP contribution in [-0.2, 0) is 6.18 Å². The summed E-state index contributed by atoms with van der Waals surface area (Å²) in [4.78, 5) is 0. The molecule has 21 heavy (non-hydrogen) atoms. The van der Waals surface area contributed by atoms with Gasteiger partial charge < -0.3 is 9.84 Å². The molecule has 0 aromatic heterocycles. The Morgan fingerprint density at radius 3 is 2.67 bits per heavy atom. The number of hydrogen-bond donors (Lipinski definition) is 1. The highest BCUT2D eigenvalue weighted by Gasteiger charge is 2.30. The van der Waals surface area contributed by atoms with E-state index in [1.165, 1.54) is 25.0 Å². The third kappa shape index (κ3) is 5.08. The molecular formula is C16H19F3O2. The first-order valence-electron chi connectivity index (χ1n) is 7.11. The summed E-state index contributed by atoms with van der Waals surface area (Å²) < 4.78 is 42.8. The van der Waals surface area contributed by atoms with Crippen molar-refractivity contribution in [1.82, 2.24) is 0 Å². The lowest BCUT2D eigenvalue weighted by Crippen LogP contribution is -2.15. The van der Waals surface area contributed by atoms with Crippen LogP contribution in [0.2, 0.25) is 0 Å². The number of allylic oxidation sites excluding steroid dienone is 1. The Hall–Kier alpha value is -1.49. The first-order chi connectivity index (χ1) is 9.95. The fourth-order valence-electron chi connectivity index (χ4n) is 2.43. The van der Waals surface area contributed by atoms with Gasteiger partial charge in [-0.25, -0.2) is 0 Å². The van der Waals surface area contributed by atoms with Gasteiger partial charge in [-0.15, -0.1) is 0 Å². The highest BCUT2D eigenvalue weighted by Crippen LogP contribution is 2.31. The smallest absolute Gasteiger partial charge is 0.416 e. The second kappa shape index (κ2) is 6.98. The Kier molecular flexibility index (Phi) is 5.28. The average molecular weight is 300 g/mol. The van der Waals surface area contributed by atoms with Gasteiger partial charge in [-0.3, -0.25) is 0 Å². The highest BCUT2D eigenvalue weighted by atomic mass is 19.4. The molecule has 1 N–H and O–H groups in total. The molecule has 1 aliphatic rings. The van der Waals surface area contributed by atoms with Gasteiger partial charge >= 0.3 is 6.18 Å². The maximum atomic E-state index is 12.5. The molecule has 116 valence electrons. The fourth-order valence-corrected chi connectivity index (χ4v) is 2.43. The van der Waals surface area contributed by atoms with Gasteiger partial charge in [0.05, 0.1) is 5.56 Å². The third-order valence-corrected chi connectivity index (χ3v) is 3.59. The first-order valence-corrected chi connectivity index (χ1v) is 7.11. The SMILES string of the molecule is O[C@H](/C=C/C1CCCC1)COc1cccc(C(F)(F)F)c1. The Morgan fingerprint density at radius 1 is 1.29 bits per heavy atom. The number of benzene rings is 1. The number of aliphatic hydroxyl groups is 1. The van der Waals surface area contributed by atoms with Gasteiger partial charge in [0, 0.05) is 0 Å². The van der Waals surface area contributed by atoms with Crippen molar-refractivity contribution in [3.05, 3.63) is 42.0 Å². The van der Waals surface area contributed by atoms with Gasteiger partial charge in [-0.2, -0.15) is 13.2 Å². The molecule has 0 aliphatic heterocycles. The number of ether oxygens (including phenoxy) is 1. The Balaban J connectivity index is 1.84. The van der Waals surface area contributed by atoms with Gasteiger partial charge in [0.2, 0.25) is 0 Å². The third-order valence-electron chi connectivity index (χ3n) is 3.59. The number of alkyl halides is 3. The van der Waals surface area contributed by atoms with E-state index in [1.54, 1.807) is 6.08 Å². The topological polar surface area (TPSA) is 29.5 Å². The largest absolute Gasteiger partial charge is 0.491 e. The van der Waals surface area contributed by atoms with Crippen LogP contribution in [0.15, 0.2) is 36.4 Å². The first kappa shape index (κ1) is 15.9. The Morgan fingerprint density at radius 2 is 2.00 bits per heavy atom. The lowest BCUT2D eigenvalue weighted by Gasteiger charge is -2.12. The highest BCUT2D eigenvalue weighted by molar-refractivity contribution is 5.30. The maximum absolute atomic E-state index is 12.5. The quantitative estimate of drug-likeness (QED) is 0.826. The van der Waals surface area contributed by atoms with Gasteiger partial charge in [-0.1, -0.05) is 31.1 Å². The van der Waals surface area contributed by atoms with E-state index < -0.39 is 17.8 Å². The molecule has 5 heteroatoms. The molecule has 2 rings (SSSR count). The van der Waals surface area contributed by atoms with Gasteiger partial charge in [-0.05, 0) is 37.0 Å². The van der Waals surface area contributed by atoms with Crippen LogP contribution >= 0.6 is 0 Å². The van der Waals surface area contributed by atoms with Crippen molar-refractivity contribution in [2.24, 2.45) is 5.92 Å². The zero-order valence-corrected chi connectivity index (χ0v) is 11.6. The summed E-state index contributed by atoms with van der Waals surface area (Å²) in [7, 11) is 0. The molecule has 1 aliphatic carbocycles. The van der Waals surface area contributed by atoms with Crippen molar-refractivity contribution in [2.45, 2.75) is 38.0 Å². The molecule has 1 saturated carbocycles. The minimum absolute atomic E-state index is 0.0511. The van der Waals surface area contributed by atoms with Crippen molar-refractivity contribution < 1.29 is 23.0 Å². The van der Waals surface area contributed by atoms with Gasteiger partial charge in [0.15, 0.2) is 0 Å². The predicted octanol–water partition coefficient (Wildman–Crippen LogP) is 4.19. The monoisotopic (exact) mass is 300 g/mol. The van der Waals surface area contributed by atoms with Crippen LogP contribution in [0.3, 0.4) is 0 Å². The zero-order chi connectivity index (χ0) is 15.3. The van der Waals surface area contributed by atoms with E-state index >= 15 is 0 Å². The van der Waals surface area contributed by atoms with Crippen molar-refractivity contribution in [3.63, 3.8) is 0 Å². The van der Waals surface area contributed by atoms with Crippen LogP contribution < -0.4 is 4.74 Å². The molecule has 0 spiro atoms. The van der Waals surface area contributed by atoms with Crippen LogP contribution in [-0.4, -0.2) is 17.8 Å². The molecule has 1 atom stereocenters. The summed E-state index contributed by atoms with van der Waals surface area (Å²) in [6.07, 6.45) is 3.16. The number of hydrogen-bond acceptors (Lipinski definition) is 2. The second-order valence-corrected chi connectivity index (χ2v) is 5.33. The van der Waals surface area contributed by atoms with E-state index in [0.29, 0.717) is 5.92 Å². The van der Waals surface area contributed by atoms with Crippen LogP contribution in [0, 0.1) is 5.92 Å². The van der Waals surface area contributed by atoms with Crippen molar-refractivity contribution in [2.75, 3.05) is 6.61 Å². The zero-order valence-electron chi connectivity index (χ0n) is 11.6. The molecule has 0 heterocycles. The lowest BCUT2D eigenvalue weighted by molar-refractivity contribution is -0.137. The van der Waals surface area contributed by atoms with E-state index in [4.69, 9.17) is 4.74 Å². The standard InChI is InChI=1S/C16H19F3O2/c17-16(18,19)13-6-3-7-15(10-13)21-11-14(20)9-8-12-4-1-2-5-12/h3,6-10,12,14,20H,1-2,4-5,11H2/b9-8+/t14-/m1/s1.